The van der Waals surface area contributed by atoms with Crippen molar-refractivity contribution < 1.29 is 36.2 Å². The predicted octanol–water partition coefficient (Wildman–Crippen LogP) is 3.89. The van der Waals surface area contributed by atoms with Crippen LogP contribution in [0, 0.1) is 34.9 Å². The topological polar surface area (TPSA) is 37.3 Å². The van der Waals surface area contributed by atoms with Crippen molar-refractivity contribution in [2.45, 2.75) is 0 Å². The fourth-order valence-electron chi connectivity index (χ4n) is 1.73. The second-order valence-corrected chi connectivity index (χ2v) is 3.92. The second-order valence-electron chi connectivity index (χ2n) is 3.92. The van der Waals surface area contributed by atoms with Gasteiger partial charge in [0.25, 0.3) is 0 Å². The molecule has 0 amide bonds. The first-order chi connectivity index (χ1) is 9.77. The number of carboxylic acid groups (broad SMARTS) is 1. The van der Waals surface area contributed by atoms with Crippen LogP contribution in [0.5, 0.6) is 0 Å². The molecule has 0 spiro atoms. The van der Waals surface area contributed by atoms with Gasteiger partial charge < -0.3 is 5.11 Å². The summed E-state index contributed by atoms with van der Waals surface area (Å²) in [6, 6.07) is 2.41. The SMILES string of the molecule is O=C(O)c1cccc(-c2c(F)c(F)c(F)c(F)c2F)c1F. The van der Waals surface area contributed by atoms with Crippen molar-refractivity contribution in [2.75, 3.05) is 0 Å². The molecule has 2 rings (SSSR count). The first-order valence-corrected chi connectivity index (χ1v) is 5.31. The Morgan fingerprint density at radius 3 is 1.71 bits per heavy atom. The molecule has 110 valence electrons. The van der Waals surface area contributed by atoms with Gasteiger partial charge in [0.1, 0.15) is 5.82 Å². The fraction of sp³-hybridized carbons (Fsp3) is 0. The minimum atomic E-state index is -2.39. The molecule has 0 unspecified atom stereocenters. The van der Waals surface area contributed by atoms with E-state index in [9.17, 15) is 31.1 Å². The molecular formula is C13H4F6O2. The van der Waals surface area contributed by atoms with Crippen LogP contribution in [0.1, 0.15) is 10.4 Å². The summed E-state index contributed by atoms with van der Waals surface area (Å²) >= 11 is 0. The van der Waals surface area contributed by atoms with E-state index in [2.05, 4.69) is 0 Å². The summed E-state index contributed by atoms with van der Waals surface area (Å²) in [5, 5.41) is 8.69. The standard InChI is InChI=1S/C13H4F6O2/c14-7-4(2-1-3-5(7)13(20)21)6-8(15)10(17)12(19)11(18)9(6)16/h1-3H,(H,20,21). The van der Waals surface area contributed by atoms with E-state index < -0.39 is 57.6 Å². The van der Waals surface area contributed by atoms with Crippen molar-refractivity contribution in [1.82, 2.24) is 0 Å². The lowest BCUT2D eigenvalue weighted by molar-refractivity contribution is 0.0692. The molecule has 0 radical (unpaired) electrons. The minimum Gasteiger partial charge on any atom is -0.478 e. The van der Waals surface area contributed by atoms with Crippen LogP contribution >= 0.6 is 0 Å². The fourth-order valence-corrected chi connectivity index (χ4v) is 1.73. The largest absolute Gasteiger partial charge is 0.478 e. The summed E-state index contributed by atoms with van der Waals surface area (Å²) in [5.74, 6) is -14.7. The Morgan fingerprint density at radius 1 is 0.762 bits per heavy atom. The van der Waals surface area contributed by atoms with Crippen LogP contribution in [-0.2, 0) is 0 Å². The van der Waals surface area contributed by atoms with Gasteiger partial charge in [-0.3, -0.25) is 0 Å². The molecule has 0 fully saturated rings. The smallest absolute Gasteiger partial charge is 0.338 e. The summed E-state index contributed by atoms with van der Waals surface area (Å²) in [6.45, 7) is 0. The van der Waals surface area contributed by atoms with E-state index in [4.69, 9.17) is 5.11 Å². The third kappa shape index (κ3) is 2.22. The molecule has 0 aliphatic rings. The van der Waals surface area contributed by atoms with E-state index in [1.807, 2.05) is 0 Å². The zero-order valence-electron chi connectivity index (χ0n) is 9.86. The van der Waals surface area contributed by atoms with Gasteiger partial charge in [0.2, 0.25) is 5.82 Å². The summed E-state index contributed by atoms with van der Waals surface area (Å²) in [7, 11) is 0. The summed E-state index contributed by atoms with van der Waals surface area (Å²) in [6.07, 6.45) is 0. The molecular weight excluding hydrogens is 302 g/mol. The zero-order valence-corrected chi connectivity index (χ0v) is 9.86. The third-order valence-electron chi connectivity index (χ3n) is 2.71. The van der Waals surface area contributed by atoms with E-state index in [1.165, 1.54) is 0 Å². The molecule has 2 nitrogen and oxygen atoms in total. The van der Waals surface area contributed by atoms with E-state index >= 15 is 0 Å². The molecule has 0 heterocycles. The molecule has 2 aromatic carbocycles. The van der Waals surface area contributed by atoms with E-state index in [1.54, 1.807) is 0 Å². The Kier molecular flexibility index (Phi) is 3.63. The highest BCUT2D eigenvalue weighted by molar-refractivity contribution is 5.90. The Hall–Kier alpha value is -2.51. The predicted molar refractivity (Wildman–Crippen MR) is 58.6 cm³/mol. The van der Waals surface area contributed by atoms with Gasteiger partial charge in [0.15, 0.2) is 23.3 Å². The van der Waals surface area contributed by atoms with Crippen LogP contribution in [0.4, 0.5) is 26.3 Å². The summed E-state index contributed by atoms with van der Waals surface area (Å²) in [5.41, 5.74) is -3.52. The molecule has 0 bridgehead atoms. The monoisotopic (exact) mass is 306 g/mol. The number of hydrogen-bond donors (Lipinski definition) is 1. The maximum atomic E-state index is 13.9. The highest BCUT2D eigenvalue weighted by Gasteiger charge is 2.29. The maximum Gasteiger partial charge on any atom is 0.338 e. The number of rotatable bonds is 2. The number of halogens is 6. The molecule has 0 aromatic heterocycles. The number of aromatic carboxylic acids is 1. The highest BCUT2D eigenvalue weighted by atomic mass is 19.2. The van der Waals surface area contributed by atoms with Gasteiger partial charge in [0, 0.05) is 5.56 Å². The molecule has 0 aliphatic carbocycles. The van der Waals surface area contributed by atoms with Crippen molar-refractivity contribution in [1.29, 1.82) is 0 Å². The Labute approximate surface area is 113 Å². The Bertz CT molecular complexity index is 728. The van der Waals surface area contributed by atoms with Crippen LogP contribution < -0.4 is 0 Å². The van der Waals surface area contributed by atoms with Gasteiger partial charge in [-0.05, 0) is 6.07 Å². The number of carboxylic acids is 1. The normalized spacial score (nSPS) is 10.8. The molecule has 0 saturated heterocycles. The van der Waals surface area contributed by atoms with Crippen LogP contribution in [0.3, 0.4) is 0 Å². The van der Waals surface area contributed by atoms with Crippen LogP contribution in [0.25, 0.3) is 11.1 Å². The van der Waals surface area contributed by atoms with Crippen LogP contribution in [0.2, 0.25) is 0 Å². The first-order valence-electron chi connectivity index (χ1n) is 5.31. The van der Waals surface area contributed by atoms with Crippen molar-refractivity contribution in [2.24, 2.45) is 0 Å². The molecule has 8 heteroatoms. The molecule has 21 heavy (non-hydrogen) atoms. The van der Waals surface area contributed by atoms with E-state index in [0.29, 0.717) is 6.07 Å². The Balaban J connectivity index is 2.86. The lowest BCUT2D eigenvalue weighted by Gasteiger charge is -2.10. The quantitative estimate of drug-likeness (QED) is 0.519. The highest BCUT2D eigenvalue weighted by Crippen LogP contribution is 2.33. The lowest BCUT2D eigenvalue weighted by Crippen LogP contribution is -2.07. The second kappa shape index (κ2) is 5.12. The van der Waals surface area contributed by atoms with Gasteiger partial charge >= 0.3 is 5.97 Å². The van der Waals surface area contributed by atoms with Gasteiger partial charge in [-0.2, -0.15) is 0 Å². The van der Waals surface area contributed by atoms with Crippen LogP contribution in [-0.4, -0.2) is 11.1 Å². The summed E-state index contributed by atoms with van der Waals surface area (Å²) < 4.78 is 80.1. The van der Waals surface area contributed by atoms with Gasteiger partial charge in [-0.25, -0.2) is 31.1 Å². The number of hydrogen-bond acceptors (Lipinski definition) is 1. The molecule has 2 aromatic rings. The lowest BCUT2D eigenvalue weighted by atomic mass is 10.00. The minimum absolute atomic E-state index is 0.708. The van der Waals surface area contributed by atoms with Crippen LogP contribution in [0.15, 0.2) is 18.2 Å². The number of benzene rings is 2. The average Bonchev–Trinajstić information content (AvgIpc) is 2.44. The Morgan fingerprint density at radius 2 is 1.24 bits per heavy atom. The molecule has 0 aliphatic heterocycles. The number of carbonyl (C=O) groups is 1. The zero-order chi connectivity index (χ0) is 15.9. The molecule has 0 saturated carbocycles. The van der Waals surface area contributed by atoms with Crippen molar-refractivity contribution in [3.8, 4) is 11.1 Å². The van der Waals surface area contributed by atoms with Gasteiger partial charge in [-0.15, -0.1) is 0 Å². The van der Waals surface area contributed by atoms with Crippen molar-refractivity contribution in [3.63, 3.8) is 0 Å². The van der Waals surface area contributed by atoms with E-state index in [0.717, 1.165) is 12.1 Å². The first kappa shape index (κ1) is 14.9. The summed E-state index contributed by atoms with van der Waals surface area (Å²) in [4.78, 5) is 10.7. The molecule has 0 atom stereocenters. The van der Waals surface area contributed by atoms with E-state index in [-0.39, 0.29) is 0 Å². The third-order valence-corrected chi connectivity index (χ3v) is 2.71. The molecule has 1 N–H and O–H groups in total. The van der Waals surface area contributed by atoms with Gasteiger partial charge in [0.05, 0.1) is 11.1 Å². The average molecular weight is 306 g/mol. The van der Waals surface area contributed by atoms with Crippen molar-refractivity contribution in [3.05, 3.63) is 58.7 Å². The van der Waals surface area contributed by atoms with Gasteiger partial charge in [-0.1, -0.05) is 12.1 Å². The maximum absolute atomic E-state index is 13.9. The van der Waals surface area contributed by atoms with Crippen molar-refractivity contribution >= 4 is 5.97 Å².